The van der Waals surface area contributed by atoms with Crippen molar-refractivity contribution in [3.05, 3.63) is 54.0 Å². The van der Waals surface area contributed by atoms with Gasteiger partial charge in [0.05, 0.1) is 0 Å². The van der Waals surface area contributed by atoms with Crippen LogP contribution < -0.4 is 10.2 Å². The van der Waals surface area contributed by atoms with E-state index in [9.17, 15) is 0 Å². The molecule has 2 N–H and O–H groups in total. The zero-order valence-electron chi connectivity index (χ0n) is 17.6. The Morgan fingerprint density at radius 1 is 1.10 bits per heavy atom. The van der Waals surface area contributed by atoms with Gasteiger partial charge in [0.15, 0.2) is 5.96 Å². The smallest absolute Gasteiger partial charge is 0.225 e. The summed E-state index contributed by atoms with van der Waals surface area (Å²) in [5, 5.41) is 4.76. The lowest BCUT2D eigenvalue weighted by Gasteiger charge is -2.36. The molecule has 0 atom stereocenters. The number of fused-ring (bicyclic) bond motifs is 1. The van der Waals surface area contributed by atoms with Crippen molar-refractivity contribution in [3.8, 4) is 0 Å². The highest BCUT2D eigenvalue weighted by Gasteiger charge is 2.21. The third-order valence-corrected chi connectivity index (χ3v) is 5.40. The maximum atomic E-state index is 4.93. The molecule has 3 heterocycles. The van der Waals surface area contributed by atoms with Gasteiger partial charge < -0.3 is 20.1 Å². The number of benzene rings is 1. The molecule has 0 saturated carbocycles. The van der Waals surface area contributed by atoms with Gasteiger partial charge in [0, 0.05) is 68.3 Å². The van der Waals surface area contributed by atoms with Crippen LogP contribution in [0.5, 0.6) is 0 Å². The molecule has 30 heavy (non-hydrogen) atoms. The molecule has 1 aromatic carbocycles. The number of aryl methyl sites for hydroxylation is 1. The van der Waals surface area contributed by atoms with Crippen molar-refractivity contribution in [3.63, 3.8) is 0 Å². The molecule has 8 heteroatoms. The predicted molar refractivity (Wildman–Crippen MR) is 134 cm³/mol. The quantitative estimate of drug-likeness (QED) is 0.308. The molecule has 0 radical (unpaired) electrons. The molecular weight excluding hydrogens is 489 g/mol. The van der Waals surface area contributed by atoms with Crippen LogP contribution in [0, 0.1) is 6.92 Å². The Labute approximate surface area is 195 Å². The molecule has 1 aliphatic heterocycles. The van der Waals surface area contributed by atoms with Gasteiger partial charge in [-0.3, -0.25) is 4.99 Å². The number of rotatable bonds is 5. The second-order valence-corrected chi connectivity index (χ2v) is 7.28. The van der Waals surface area contributed by atoms with E-state index in [-0.39, 0.29) is 24.0 Å². The topological polar surface area (TPSA) is 72.4 Å². The highest BCUT2D eigenvalue weighted by atomic mass is 127. The van der Waals surface area contributed by atoms with Crippen LogP contribution in [-0.2, 0) is 6.42 Å². The first kappa shape index (κ1) is 22.3. The number of para-hydroxylation sites is 1. The van der Waals surface area contributed by atoms with Crippen LogP contribution in [0.4, 0.5) is 5.95 Å². The average Bonchev–Trinajstić information content (AvgIpc) is 3.09. The first-order valence-electron chi connectivity index (χ1n) is 10.4. The third-order valence-electron chi connectivity index (χ3n) is 5.40. The highest BCUT2D eigenvalue weighted by Crippen LogP contribution is 2.22. The first-order chi connectivity index (χ1) is 14.3. The van der Waals surface area contributed by atoms with Crippen LogP contribution in [0.3, 0.4) is 0 Å². The minimum atomic E-state index is 0. The number of H-pyrrole nitrogens is 1. The maximum Gasteiger partial charge on any atom is 0.225 e. The molecule has 1 aliphatic rings. The summed E-state index contributed by atoms with van der Waals surface area (Å²) in [4.78, 5) is 21.7. The fourth-order valence-electron chi connectivity index (χ4n) is 3.93. The van der Waals surface area contributed by atoms with E-state index in [1.54, 1.807) is 12.4 Å². The van der Waals surface area contributed by atoms with Crippen molar-refractivity contribution in [2.24, 2.45) is 4.99 Å². The summed E-state index contributed by atoms with van der Waals surface area (Å²) >= 11 is 0. The summed E-state index contributed by atoms with van der Waals surface area (Å²) in [7, 11) is 0. The van der Waals surface area contributed by atoms with Gasteiger partial charge in [0.1, 0.15) is 0 Å². The standard InChI is InChI=1S/C22H29N7.HI/c1-3-23-21(28-13-15-29(16-14-28)22-24-10-6-11-25-22)26-12-9-18-17(2)27-20-8-5-4-7-19(18)20;/h4-8,10-11,27H,3,9,12-16H2,1-2H3,(H,23,26);1H. The molecule has 4 rings (SSSR count). The molecule has 2 aromatic heterocycles. The van der Waals surface area contributed by atoms with Crippen LogP contribution in [0.15, 0.2) is 47.7 Å². The molecule has 0 amide bonds. The number of nitrogens with one attached hydrogen (secondary N) is 2. The highest BCUT2D eigenvalue weighted by molar-refractivity contribution is 14.0. The van der Waals surface area contributed by atoms with Gasteiger partial charge >= 0.3 is 0 Å². The molecule has 0 unspecified atom stereocenters. The number of piperazine rings is 1. The van der Waals surface area contributed by atoms with E-state index >= 15 is 0 Å². The van der Waals surface area contributed by atoms with Crippen molar-refractivity contribution in [1.29, 1.82) is 0 Å². The van der Waals surface area contributed by atoms with Gasteiger partial charge in [-0.25, -0.2) is 9.97 Å². The van der Waals surface area contributed by atoms with Gasteiger partial charge in [-0.1, -0.05) is 18.2 Å². The van der Waals surface area contributed by atoms with Gasteiger partial charge in [-0.2, -0.15) is 0 Å². The minimum Gasteiger partial charge on any atom is -0.358 e. The average molecular weight is 519 g/mol. The summed E-state index contributed by atoms with van der Waals surface area (Å²) in [6, 6.07) is 10.3. The Kier molecular flexibility index (Phi) is 7.89. The number of halogens is 1. The molecular formula is C22H30IN7. The Bertz CT molecular complexity index is 962. The van der Waals surface area contributed by atoms with Gasteiger partial charge in [-0.05, 0) is 38.0 Å². The van der Waals surface area contributed by atoms with Crippen LogP contribution >= 0.6 is 24.0 Å². The van der Waals surface area contributed by atoms with Crippen molar-refractivity contribution >= 4 is 46.8 Å². The van der Waals surface area contributed by atoms with Gasteiger partial charge in [-0.15, -0.1) is 24.0 Å². The van der Waals surface area contributed by atoms with Crippen molar-refractivity contribution in [1.82, 2.24) is 25.2 Å². The largest absolute Gasteiger partial charge is 0.358 e. The zero-order valence-corrected chi connectivity index (χ0v) is 20.0. The summed E-state index contributed by atoms with van der Waals surface area (Å²) in [5.74, 6) is 1.81. The molecule has 1 saturated heterocycles. The number of hydrogen-bond donors (Lipinski definition) is 2. The SMILES string of the molecule is CCNC(=NCCc1c(C)[nH]c2ccccc12)N1CCN(c2ncccn2)CC1.I. The summed E-state index contributed by atoms with van der Waals surface area (Å²) < 4.78 is 0. The van der Waals surface area contributed by atoms with Crippen molar-refractivity contribution < 1.29 is 0 Å². The lowest BCUT2D eigenvalue weighted by molar-refractivity contribution is 0.370. The first-order valence-corrected chi connectivity index (χ1v) is 10.4. The molecule has 0 spiro atoms. The van der Waals surface area contributed by atoms with Gasteiger partial charge in [0.2, 0.25) is 5.95 Å². The predicted octanol–water partition coefficient (Wildman–Crippen LogP) is 3.21. The second-order valence-electron chi connectivity index (χ2n) is 7.28. The number of hydrogen-bond acceptors (Lipinski definition) is 4. The maximum absolute atomic E-state index is 4.93. The number of aliphatic imine (C=N–C) groups is 1. The normalized spacial score (nSPS) is 14.7. The van der Waals surface area contributed by atoms with E-state index < -0.39 is 0 Å². The minimum absolute atomic E-state index is 0. The monoisotopic (exact) mass is 519 g/mol. The molecule has 7 nitrogen and oxygen atoms in total. The third kappa shape index (κ3) is 5.03. The van der Waals surface area contributed by atoms with E-state index in [0.717, 1.165) is 57.6 Å². The molecule has 0 aliphatic carbocycles. The van der Waals surface area contributed by atoms with E-state index in [1.165, 1.54) is 22.2 Å². The van der Waals surface area contributed by atoms with Crippen LogP contribution in [-0.4, -0.2) is 65.1 Å². The Balaban J connectivity index is 0.00000256. The second kappa shape index (κ2) is 10.6. The number of nitrogens with zero attached hydrogens (tertiary/aromatic N) is 5. The lowest BCUT2D eigenvalue weighted by atomic mass is 10.1. The number of guanidine groups is 1. The fraction of sp³-hybridized carbons (Fsp3) is 0.409. The molecule has 0 bridgehead atoms. The van der Waals surface area contributed by atoms with Crippen molar-refractivity contribution in [2.75, 3.05) is 44.2 Å². The van der Waals surface area contributed by atoms with E-state index in [2.05, 4.69) is 68.2 Å². The zero-order chi connectivity index (χ0) is 20.1. The number of aromatic nitrogens is 3. The summed E-state index contributed by atoms with van der Waals surface area (Å²) in [6.45, 7) is 9.53. The lowest BCUT2D eigenvalue weighted by Crippen LogP contribution is -2.53. The van der Waals surface area contributed by atoms with E-state index in [1.807, 2.05) is 6.07 Å². The van der Waals surface area contributed by atoms with Gasteiger partial charge in [0.25, 0.3) is 0 Å². The molecule has 160 valence electrons. The van der Waals surface area contributed by atoms with E-state index in [4.69, 9.17) is 4.99 Å². The Morgan fingerprint density at radius 2 is 1.83 bits per heavy atom. The Hall–Kier alpha value is -2.36. The van der Waals surface area contributed by atoms with E-state index in [0.29, 0.717) is 0 Å². The van der Waals surface area contributed by atoms with Crippen LogP contribution in [0.1, 0.15) is 18.2 Å². The fourth-order valence-corrected chi connectivity index (χ4v) is 3.93. The summed E-state index contributed by atoms with van der Waals surface area (Å²) in [6.07, 6.45) is 4.53. The van der Waals surface area contributed by atoms with Crippen molar-refractivity contribution in [2.45, 2.75) is 20.3 Å². The number of anilines is 1. The Morgan fingerprint density at radius 3 is 2.57 bits per heavy atom. The molecule has 3 aromatic rings. The summed E-state index contributed by atoms with van der Waals surface area (Å²) in [5.41, 5.74) is 3.81. The number of aromatic amines is 1. The molecule has 1 fully saturated rings. The van der Waals surface area contributed by atoms with Crippen LogP contribution in [0.25, 0.3) is 10.9 Å². The van der Waals surface area contributed by atoms with Crippen LogP contribution in [0.2, 0.25) is 0 Å².